The highest BCUT2D eigenvalue weighted by molar-refractivity contribution is 5.39. The van der Waals surface area contributed by atoms with Crippen molar-refractivity contribution in [1.82, 2.24) is 4.90 Å². The van der Waals surface area contributed by atoms with Crippen molar-refractivity contribution < 1.29 is 10.0 Å². The van der Waals surface area contributed by atoms with Crippen molar-refractivity contribution in [2.45, 2.75) is 38.3 Å². The van der Waals surface area contributed by atoms with E-state index in [0.29, 0.717) is 12.6 Å². The van der Waals surface area contributed by atoms with Gasteiger partial charge in [-0.1, -0.05) is 24.6 Å². The lowest BCUT2D eigenvalue weighted by molar-refractivity contribution is -0.385. The van der Waals surface area contributed by atoms with Gasteiger partial charge in [-0.3, -0.25) is 15.0 Å². The zero-order chi connectivity index (χ0) is 13.7. The highest BCUT2D eigenvalue weighted by atomic mass is 16.6. The summed E-state index contributed by atoms with van der Waals surface area (Å²) in [4.78, 5) is 13.0. The quantitative estimate of drug-likeness (QED) is 0.606. The van der Waals surface area contributed by atoms with Crippen LogP contribution in [0.1, 0.15) is 31.2 Å². The van der Waals surface area contributed by atoms with E-state index in [-0.39, 0.29) is 17.2 Å². The Morgan fingerprint density at radius 2 is 2.11 bits per heavy atom. The summed E-state index contributed by atoms with van der Waals surface area (Å²) >= 11 is 0. The molecule has 1 aromatic rings. The number of nitro benzene ring substituents is 1. The fraction of sp³-hybridized carbons (Fsp3) is 0.571. The van der Waals surface area contributed by atoms with Crippen molar-refractivity contribution in [3.63, 3.8) is 0 Å². The number of aliphatic hydroxyl groups is 1. The molecule has 1 aromatic carbocycles. The second kappa shape index (κ2) is 6.63. The van der Waals surface area contributed by atoms with Gasteiger partial charge >= 0.3 is 0 Å². The Morgan fingerprint density at radius 1 is 1.37 bits per heavy atom. The molecule has 1 fully saturated rings. The molecule has 0 radical (unpaired) electrons. The van der Waals surface area contributed by atoms with E-state index in [9.17, 15) is 10.1 Å². The number of nitro groups is 1. The molecule has 0 aromatic heterocycles. The molecule has 0 bridgehead atoms. The lowest BCUT2D eigenvalue weighted by Gasteiger charge is -2.37. The predicted octanol–water partition coefficient (Wildman–Crippen LogP) is 2.33. The second-order valence-corrected chi connectivity index (χ2v) is 5.02. The van der Waals surface area contributed by atoms with Crippen molar-refractivity contribution in [3.8, 4) is 0 Å². The molecule has 0 heterocycles. The molecule has 2 rings (SSSR count). The third-order valence-corrected chi connectivity index (χ3v) is 3.76. The Bertz CT molecular complexity index is 432. The molecule has 1 N–H and O–H groups in total. The SMILES string of the molecule is O=[N+]([O-])c1ccccc1CN(CCCO)C1CCC1. The fourth-order valence-corrected chi connectivity index (χ4v) is 2.46. The minimum absolute atomic E-state index is 0.167. The van der Waals surface area contributed by atoms with Gasteiger partial charge in [0.25, 0.3) is 5.69 Å². The topological polar surface area (TPSA) is 66.6 Å². The maximum Gasteiger partial charge on any atom is 0.273 e. The molecule has 5 nitrogen and oxygen atoms in total. The first-order chi connectivity index (χ1) is 9.22. The van der Waals surface area contributed by atoms with Crippen LogP contribution in [-0.2, 0) is 6.54 Å². The monoisotopic (exact) mass is 264 g/mol. The summed E-state index contributed by atoms with van der Waals surface area (Å²) in [5.74, 6) is 0. The number of rotatable bonds is 7. The number of para-hydroxylation sites is 1. The van der Waals surface area contributed by atoms with Crippen molar-refractivity contribution in [3.05, 3.63) is 39.9 Å². The molecule has 1 saturated carbocycles. The average Bonchev–Trinajstić information content (AvgIpc) is 2.34. The van der Waals surface area contributed by atoms with Crippen LogP contribution in [0.3, 0.4) is 0 Å². The van der Waals surface area contributed by atoms with Crippen molar-refractivity contribution in [2.24, 2.45) is 0 Å². The van der Waals surface area contributed by atoms with Gasteiger partial charge in [-0.05, 0) is 19.3 Å². The molecule has 104 valence electrons. The van der Waals surface area contributed by atoms with Crippen LogP contribution in [0.25, 0.3) is 0 Å². The molecule has 0 aliphatic heterocycles. The minimum Gasteiger partial charge on any atom is -0.396 e. The Morgan fingerprint density at radius 3 is 2.68 bits per heavy atom. The Labute approximate surface area is 113 Å². The van der Waals surface area contributed by atoms with Crippen LogP contribution in [0.15, 0.2) is 24.3 Å². The first-order valence-electron chi connectivity index (χ1n) is 6.79. The van der Waals surface area contributed by atoms with E-state index in [0.717, 1.165) is 31.4 Å². The van der Waals surface area contributed by atoms with E-state index in [1.54, 1.807) is 12.1 Å². The van der Waals surface area contributed by atoms with Gasteiger partial charge in [-0.15, -0.1) is 0 Å². The largest absolute Gasteiger partial charge is 0.396 e. The number of aliphatic hydroxyl groups excluding tert-OH is 1. The summed E-state index contributed by atoms with van der Waals surface area (Å²) in [6.45, 7) is 1.56. The van der Waals surface area contributed by atoms with E-state index in [4.69, 9.17) is 5.11 Å². The van der Waals surface area contributed by atoms with Crippen molar-refractivity contribution >= 4 is 5.69 Å². The first-order valence-corrected chi connectivity index (χ1v) is 6.79. The van der Waals surface area contributed by atoms with Gasteiger partial charge in [0.05, 0.1) is 4.92 Å². The summed E-state index contributed by atoms with van der Waals surface area (Å²) < 4.78 is 0. The second-order valence-electron chi connectivity index (χ2n) is 5.02. The van der Waals surface area contributed by atoms with Gasteiger partial charge < -0.3 is 5.11 Å². The highest BCUT2D eigenvalue weighted by Gasteiger charge is 2.26. The summed E-state index contributed by atoms with van der Waals surface area (Å²) in [6.07, 6.45) is 4.27. The van der Waals surface area contributed by atoms with E-state index in [1.165, 1.54) is 6.42 Å². The summed E-state index contributed by atoms with van der Waals surface area (Å²) in [5, 5.41) is 20.0. The number of nitrogens with zero attached hydrogens (tertiary/aromatic N) is 2. The summed E-state index contributed by atoms with van der Waals surface area (Å²) in [7, 11) is 0. The van der Waals surface area contributed by atoms with E-state index in [2.05, 4.69) is 4.90 Å². The molecule has 1 aliphatic rings. The molecule has 1 aliphatic carbocycles. The van der Waals surface area contributed by atoms with Crippen LogP contribution in [0.4, 0.5) is 5.69 Å². The molecule has 19 heavy (non-hydrogen) atoms. The molecule has 0 saturated heterocycles. The number of benzene rings is 1. The zero-order valence-electron chi connectivity index (χ0n) is 11.0. The smallest absolute Gasteiger partial charge is 0.273 e. The van der Waals surface area contributed by atoms with E-state index >= 15 is 0 Å². The lowest BCUT2D eigenvalue weighted by atomic mass is 9.91. The molecule has 0 atom stereocenters. The standard InChI is InChI=1S/C14H20N2O3/c17-10-4-9-15(13-6-3-7-13)11-12-5-1-2-8-14(12)16(18)19/h1-2,5,8,13,17H,3-4,6-7,9-11H2. The van der Waals surface area contributed by atoms with Crippen LogP contribution in [0.5, 0.6) is 0 Å². The Hall–Kier alpha value is -1.46. The van der Waals surface area contributed by atoms with Crippen LogP contribution < -0.4 is 0 Å². The molecule has 0 unspecified atom stereocenters. The van der Waals surface area contributed by atoms with Crippen molar-refractivity contribution in [2.75, 3.05) is 13.2 Å². The van der Waals surface area contributed by atoms with Gasteiger partial charge in [0.1, 0.15) is 0 Å². The van der Waals surface area contributed by atoms with Gasteiger partial charge in [0, 0.05) is 37.4 Å². The van der Waals surface area contributed by atoms with Gasteiger partial charge in [-0.25, -0.2) is 0 Å². The average molecular weight is 264 g/mol. The number of hydrogen-bond acceptors (Lipinski definition) is 4. The molecule has 0 amide bonds. The first kappa shape index (κ1) is 14.0. The molecule has 5 heteroatoms. The third kappa shape index (κ3) is 3.52. The molecule has 0 spiro atoms. The minimum atomic E-state index is -0.319. The van der Waals surface area contributed by atoms with Gasteiger partial charge in [-0.2, -0.15) is 0 Å². The molecular formula is C14H20N2O3. The van der Waals surface area contributed by atoms with Gasteiger partial charge in [0.15, 0.2) is 0 Å². The maximum atomic E-state index is 11.0. The van der Waals surface area contributed by atoms with Crippen LogP contribution in [0.2, 0.25) is 0 Å². The Balaban J connectivity index is 2.09. The van der Waals surface area contributed by atoms with E-state index < -0.39 is 0 Å². The third-order valence-electron chi connectivity index (χ3n) is 3.76. The zero-order valence-corrected chi connectivity index (χ0v) is 11.0. The predicted molar refractivity (Wildman–Crippen MR) is 72.8 cm³/mol. The highest BCUT2D eigenvalue weighted by Crippen LogP contribution is 2.28. The van der Waals surface area contributed by atoms with Crippen LogP contribution in [-0.4, -0.2) is 34.1 Å². The van der Waals surface area contributed by atoms with Crippen LogP contribution in [0, 0.1) is 10.1 Å². The van der Waals surface area contributed by atoms with Gasteiger partial charge in [0.2, 0.25) is 0 Å². The lowest BCUT2D eigenvalue weighted by Crippen LogP contribution is -2.40. The normalized spacial score (nSPS) is 15.5. The van der Waals surface area contributed by atoms with E-state index in [1.807, 2.05) is 12.1 Å². The molecular weight excluding hydrogens is 244 g/mol. The Kier molecular flexibility index (Phi) is 4.87. The summed E-state index contributed by atoms with van der Waals surface area (Å²) in [5.41, 5.74) is 0.952. The number of hydrogen-bond donors (Lipinski definition) is 1. The fourth-order valence-electron chi connectivity index (χ4n) is 2.46. The van der Waals surface area contributed by atoms with Crippen LogP contribution >= 0.6 is 0 Å². The summed E-state index contributed by atoms with van der Waals surface area (Å²) in [6, 6.07) is 7.44. The van der Waals surface area contributed by atoms with Crippen molar-refractivity contribution in [1.29, 1.82) is 0 Å². The maximum absolute atomic E-state index is 11.0.